The Morgan fingerprint density at radius 3 is 3.00 bits per heavy atom. The molecule has 21 heavy (non-hydrogen) atoms. The van der Waals surface area contributed by atoms with Gasteiger partial charge in [0.25, 0.3) is 0 Å². The molecule has 0 radical (unpaired) electrons. The lowest BCUT2D eigenvalue weighted by atomic mass is 9.86. The molecular weight excluding hydrogens is 266 g/mol. The van der Waals surface area contributed by atoms with Crippen LogP contribution in [-0.2, 0) is 7.05 Å². The van der Waals surface area contributed by atoms with Crippen LogP contribution >= 0.6 is 0 Å². The Morgan fingerprint density at radius 1 is 1.48 bits per heavy atom. The molecule has 5 heteroatoms. The summed E-state index contributed by atoms with van der Waals surface area (Å²) in [5.41, 5.74) is 0. The monoisotopic (exact) mass is 289 g/mol. The molecule has 114 valence electrons. The molecule has 2 N–H and O–H groups in total. The zero-order chi connectivity index (χ0) is 14.7. The van der Waals surface area contributed by atoms with Crippen molar-refractivity contribution in [2.75, 3.05) is 6.54 Å². The highest BCUT2D eigenvalue weighted by Crippen LogP contribution is 2.26. The van der Waals surface area contributed by atoms with Crippen molar-refractivity contribution < 1.29 is 9.52 Å². The number of imidazole rings is 1. The van der Waals surface area contributed by atoms with E-state index >= 15 is 0 Å². The highest BCUT2D eigenvalue weighted by Gasteiger charge is 2.26. The van der Waals surface area contributed by atoms with Crippen molar-refractivity contribution in [3.05, 3.63) is 42.4 Å². The van der Waals surface area contributed by atoms with Gasteiger partial charge in [-0.05, 0) is 30.9 Å². The smallest absolute Gasteiger partial charge is 0.133 e. The summed E-state index contributed by atoms with van der Waals surface area (Å²) in [4.78, 5) is 4.43. The second-order valence-electron chi connectivity index (χ2n) is 5.86. The molecule has 1 fully saturated rings. The lowest BCUT2D eigenvalue weighted by Gasteiger charge is -2.29. The SMILES string of the molecule is Cn1ccnc1C(NCC1CCCCC1O)c1ccco1. The van der Waals surface area contributed by atoms with Gasteiger partial charge >= 0.3 is 0 Å². The summed E-state index contributed by atoms with van der Waals surface area (Å²) in [6.07, 6.45) is 9.56. The average Bonchev–Trinajstić information content (AvgIpc) is 3.14. The highest BCUT2D eigenvalue weighted by atomic mass is 16.3. The van der Waals surface area contributed by atoms with E-state index < -0.39 is 0 Å². The number of aromatic nitrogens is 2. The van der Waals surface area contributed by atoms with Crippen molar-refractivity contribution in [3.63, 3.8) is 0 Å². The van der Waals surface area contributed by atoms with Crippen LogP contribution in [0.15, 0.2) is 35.2 Å². The number of rotatable bonds is 5. The van der Waals surface area contributed by atoms with Crippen LogP contribution in [0, 0.1) is 5.92 Å². The van der Waals surface area contributed by atoms with Crippen LogP contribution < -0.4 is 5.32 Å². The molecule has 1 aliphatic carbocycles. The normalized spacial score (nSPS) is 24.1. The predicted molar refractivity (Wildman–Crippen MR) is 79.7 cm³/mol. The van der Waals surface area contributed by atoms with Gasteiger partial charge in [-0.3, -0.25) is 0 Å². The van der Waals surface area contributed by atoms with Crippen LogP contribution in [0.25, 0.3) is 0 Å². The first-order valence-electron chi connectivity index (χ1n) is 7.68. The number of aliphatic hydroxyl groups excluding tert-OH is 1. The van der Waals surface area contributed by atoms with Crippen molar-refractivity contribution >= 4 is 0 Å². The fraction of sp³-hybridized carbons (Fsp3) is 0.562. The minimum atomic E-state index is -0.190. The van der Waals surface area contributed by atoms with Gasteiger partial charge in [-0.15, -0.1) is 0 Å². The Balaban J connectivity index is 1.73. The van der Waals surface area contributed by atoms with Gasteiger partial charge in [-0.25, -0.2) is 4.98 Å². The Kier molecular flexibility index (Phi) is 4.41. The standard InChI is InChI=1S/C16H23N3O2/c1-19-9-8-17-16(19)15(14-7-4-10-21-14)18-11-12-5-2-3-6-13(12)20/h4,7-10,12-13,15,18,20H,2-3,5-6,11H2,1H3. The lowest BCUT2D eigenvalue weighted by Crippen LogP contribution is -2.36. The van der Waals surface area contributed by atoms with Crippen molar-refractivity contribution in [3.8, 4) is 0 Å². The number of nitrogens with one attached hydrogen (secondary N) is 1. The van der Waals surface area contributed by atoms with Crippen LogP contribution in [0.4, 0.5) is 0 Å². The second kappa shape index (κ2) is 6.45. The van der Waals surface area contributed by atoms with Crippen molar-refractivity contribution in [2.24, 2.45) is 13.0 Å². The van der Waals surface area contributed by atoms with Gasteiger partial charge in [0.1, 0.15) is 17.6 Å². The molecule has 0 aliphatic heterocycles. The van der Waals surface area contributed by atoms with Gasteiger partial charge in [-0.1, -0.05) is 12.8 Å². The number of aliphatic hydroxyl groups is 1. The molecule has 2 heterocycles. The molecular formula is C16H23N3O2. The number of aryl methyl sites for hydroxylation is 1. The van der Waals surface area contributed by atoms with E-state index in [-0.39, 0.29) is 12.1 Å². The molecule has 5 nitrogen and oxygen atoms in total. The van der Waals surface area contributed by atoms with Gasteiger partial charge in [0, 0.05) is 26.0 Å². The van der Waals surface area contributed by atoms with Gasteiger partial charge in [0.15, 0.2) is 0 Å². The Labute approximate surface area is 125 Å². The van der Waals surface area contributed by atoms with E-state index in [0.717, 1.165) is 37.4 Å². The second-order valence-corrected chi connectivity index (χ2v) is 5.86. The molecule has 3 atom stereocenters. The van der Waals surface area contributed by atoms with Crippen LogP contribution in [0.3, 0.4) is 0 Å². The average molecular weight is 289 g/mol. The van der Waals surface area contributed by atoms with Crippen molar-refractivity contribution in [1.29, 1.82) is 0 Å². The summed E-state index contributed by atoms with van der Waals surface area (Å²) in [5.74, 6) is 2.10. The molecule has 3 unspecified atom stereocenters. The first-order chi connectivity index (χ1) is 10.3. The van der Waals surface area contributed by atoms with Crippen LogP contribution in [0.1, 0.15) is 43.3 Å². The van der Waals surface area contributed by atoms with Gasteiger partial charge in [-0.2, -0.15) is 0 Å². The third-order valence-electron chi connectivity index (χ3n) is 4.40. The number of hydrogen-bond acceptors (Lipinski definition) is 4. The largest absolute Gasteiger partial charge is 0.467 e. The van der Waals surface area contributed by atoms with Gasteiger partial charge < -0.3 is 19.4 Å². The fourth-order valence-electron chi connectivity index (χ4n) is 3.13. The van der Waals surface area contributed by atoms with Gasteiger partial charge in [0.05, 0.1) is 12.4 Å². The minimum absolute atomic E-state index is 0.0749. The first kappa shape index (κ1) is 14.4. The third-order valence-corrected chi connectivity index (χ3v) is 4.40. The minimum Gasteiger partial charge on any atom is -0.467 e. The molecule has 2 aromatic rings. The third kappa shape index (κ3) is 3.19. The van der Waals surface area contributed by atoms with Crippen LogP contribution in [0.5, 0.6) is 0 Å². The van der Waals surface area contributed by atoms with Gasteiger partial charge in [0.2, 0.25) is 0 Å². The Bertz CT molecular complexity index is 550. The topological polar surface area (TPSA) is 63.2 Å². The van der Waals surface area contributed by atoms with Crippen molar-refractivity contribution in [1.82, 2.24) is 14.9 Å². The maximum Gasteiger partial charge on any atom is 0.133 e. The molecule has 3 rings (SSSR count). The molecule has 0 bridgehead atoms. The van der Waals surface area contributed by atoms with E-state index in [1.165, 1.54) is 6.42 Å². The number of hydrogen-bond donors (Lipinski definition) is 2. The zero-order valence-electron chi connectivity index (χ0n) is 12.4. The van der Waals surface area contributed by atoms with E-state index in [1.807, 2.05) is 29.9 Å². The maximum atomic E-state index is 10.1. The summed E-state index contributed by atoms with van der Waals surface area (Å²) in [7, 11) is 1.98. The van der Waals surface area contributed by atoms with E-state index in [4.69, 9.17) is 4.42 Å². The molecule has 1 aliphatic rings. The fourth-order valence-corrected chi connectivity index (χ4v) is 3.13. The summed E-state index contributed by atoms with van der Waals surface area (Å²) in [6.45, 7) is 0.777. The molecule has 0 amide bonds. The summed E-state index contributed by atoms with van der Waals surface area (Å²) in [5, 5.41) is 13.6. The van der Waals surface area contributed by atoms with Crippen LogP contribution in [0.2, 0.25) is 0 Å². The first-order valence-corrected chi connectivity index (χ1v) is 7.68. The maximum absolute atomic E-state index is 10.1. The number of nitrogens with zero attached hydrogens (tertiary/aromatic N) is 2. The highest BCUT2D eigenvalue weighted by molar-refractivity contribution is 5.15. The predicted octanol–water partition coefficient (Wildman–Crippen LogP) is 2.24. The Hall–Kier alpha value is -1.59. The molecule has 0 saturated heterocycles. The quantitative estimate of drug-likeness (QED) is 0.886. The number of furan rings is 1. The zero-order valence-corrected chi connectivity index (χ0v) is 12.4. The molecule has 1 saturated carbocycles. The van der Waals surface area contributed by atoms with E-state index in [9.17, 15) is 5.11 Å². The molecule has 0 spiro atoms. The summed E-state index contributed by atoms with van der Waals surface area (Å²) >= 11 is 0. The molecule has 2 aromatic heterocycles. The summed E-state index contributed by atoms with van der Waals surface area (Å²) < 4.78 is 7.56. The van der Waals surface area contributed by atoms with Crippen LogP contribution in [-0.4, -0.2) is 27.3 Å². The van der Waals surface area contributed by atoms with E-state index in [1.54, 1.807) is 12.5 Å². The molecule has 0 aromatic carbocycles. The van der Waals surface area contributed by atoms with E-state index in [2.05, 4.69) is 10.3 Å². The van der Waals surface area contributed by atoms with E-state index in [0.29, 0.717) is 5.92 Å². The Morgan fingerprint density at radius 2 is 2.33 bits per heavy atom. The lowest BCUT2D eigenvalue weighted by molar-refractivity contribution is 0.0682. The van der Waals surface area contributed by atoms with Crippen molar-refractivity contribution in [2.45, 2.75) is 37.8 Å². The summed E-state index contributed by atoms with van der Waals surface area (Å²) in [6, 6.07) is 3.78.